The summed E-state index contributed by atoms with van der Waals surface area (Å²) in [5, 5.41) is 8.67. The van der Waals surface area contributed by atoms with Gasteiger partial charge in [-0.15, -0.1) is 0 Å². The molecule has 0 saturated carbocycles. The van der Waals surface area contributed by atoms with Crippen molar-refractivity contribution >= 4 is 16.3 Å². The number of rotatable bonds is 4. The molecule has 2 rings (SSSR count). The van der Waals surface area contributed by atoms with Crippen LogP contribution < -0.4 is 10.6 Å². The van der Waals surface area contributed by atoms with E-state index in [0.29, 0.717) is 18.1 Å². The highest BCUT2D eigenvalue weighted by Gasteiger charge is 2.29. The Labute approximate surface area is 113 Å². The van der Waals surface area contributed by atoms with Gasteiger partial charge in [0.2, 0.25) is 16.3 Å². The lowest BCUT2D eigenvalue weighted by Crippen LogP contribution is -2.50. The van der Waals surface area contributed by atoms with Crippen LogP contribution in [0, 0.1) is 0 Å². The van der Waals surface area contributed by atoms with Gasteiger partial charge in [0.15, 0.2) is 0 Å². The molecule has 1 saturated heterocycles. The number of benzene rings is 1. The maximum atomic E-state index is 3.81. The fourth-order valence-electron chi connectivity index (χ4n) is 2.79. The van der Waals surface area contributed by atoms with E-state index in [1.54, 1.807) is 0 Å². The van der Waals surface area contributed by atoms with Crippen LogP contribution in [0.2, 0.25) is 0 Å². The minimum atomic E-state index is 0.490. The van der Waals surface area contributed by atoms with E-state index >= 15 is 0 Å². The highest BCUT2D eigenvalue weighted by Crippen LogP contribution is 2.26. The van der Waals surface area contributed by atoms with Crippen LogP contribution in [0.25, 0.3) is 0 Å². The van der Waals surface area contributed by atoms with Crippen LogP contribution in [0.15, 0.2) is 30.3 Å². The Hall–Kier alpha value is -0.328. The zero-order chi connectivity index (χ0) is 12.1. The molecule has 0 aliphatic carbocycles. The summed E-state index contributed by atoms with van der Waals surface area (Å²) in [5.41, 5.74) is 1.43. The van der Waals surface area contributed by atoms with Crippen LogP contribution in [0.5, 0.6) is 0 Å². The molecule has 0 spiro atoms. The van der Waals surface area contributed by atoms with Crippen molar-refractivity contribution < 1.29 is 0 Å². The molecular formula is C14H23AlN2. The molecule has 2 nitrogen and oxygen atoms in total. The lowest BCUT2D eigenvalue weighted by atomic mass is 9.88. The lowest BCUT2D eigenvalue weighted by molar-refractivity contribution is 0.256. The van der Waals surface area contributed by atoms with Crippen LogP contribution in [-0.4, -0.2) is 33.8 Å². The lowest BCUT2D eigenvalue weighted by Gasteiger charge is -2.38. The molecule has 0 bridgehead atoms. The second-order valence-electron chi connectivity index (χ2n) is 4.90. The summed E-state index contributed by atoms with van der Waals surface area (Å²) < 4.78 is 0. The molecule has 1 aliphatic heterocycles. The summed E-state index contributed by atoms with van der Waals surface area (Å²) >= 11 is 1.23. The molecule has 1 aromatic rings. The fraction of sp³-hybridized carbons (Fsp3) is 0.571. The Morgan fingerprint density at radius 3 is 2.71 bits per heavy atom. The molecule has 2 N–H and O–H groups in total. The van der Waals surface area contributed by atoms with Crippen molar-refractivity contribution in [3.05, 3.63) is 35.9 Å². The molecule has 1 aromatic carbocycles. The largest absolute Gasteiger partial charge is 0.326 e. The van der Waals surface area contributed by atoms with Gasteiger partial charge in [-0.1, -0.05) is 42.7 Å². The summed E-state index contributed by atoms with van der Waals surface area (Å²) in [6, 6.07) is 12.7. The van der Waals surface area contributed by atoms with E-state index in [2.05, 4.69) is 47.9 Å². The molecule has 92 valence electrons. The monoisotopic (exact) mass is 246 g/mol. The molecule has 1 heterocycles. The van der Waals surface area contributed by atoms with Gasteiger partial charge >= 0.3 is 0 Å². The van der Waals surface area contributed by atoms with Crippen molar-refractivity contribution in [2.45, 2.75) is 44.3 Å². The summed E-state index contributed by atoms with van der Waals surface area (Å²) in [4.78, 5) is 0. The Kier molecular flexibility index (Phi) is 5.06. The van der Waals surface area contributed by atoms with E-state index in [1.165, 1.54) is 46.5 Å². The first kappa shape index (κ1) is 13.1. The third kappa shape index (κ3) is 3.33. The first-order chi connectivity index (χ1) is 8.35. The normalized spacial score (nSPS) is 29.1. The summed E-state index contributed by atoms with van der Waals surface area (Å²) in [5.74, 6) is 0. The molecule has 17 heavy (non-hydrogen) atoms. The van der Waals surface area contributed by atoms with Gasteiger partial charge in [0, 0.05) is 18.1 Å². The molecule has 1 aliphatic rings. The van der Waals surface area contributed by atoms with Crippen LogP contribution in [0.1, 0.15) is 37.8 Å². The Morgan fingerprint density at radius 2 is 2.06 bits per heavy atom. The molecule has 3 heteroatoms. The first-order valence-corrected chi connectivity index (χ1v) is 8.31. The Morgan fingerprint density at radius 1 is 1.29 bits per heavy atom. The van der Waals surface area contributed by atoms with Crippen molar-refractivity contribution in [3.8, 4) is 0 Å². The Bertz CT molecular complexity index is 328. The number of hydrogen-bond acceptors (Lipinski definition) is 2. The van der Waals surface area contributed by atoms with Crippen molar-refractivity contribution in [1.82, 2.24) is 10.6 Å². The standard InChI is InChI=1S/C14H21N2.Al.2H/c1-3-12-9-10-13(15-2)14(16-12)11-7-5-4-6-8-11;;;/h4-8,12-16H,2-3,9-10H2,1H3;;;/t12-,13?,14?;;;/m0.../s1. The van der Waals surface area contributed by atoms with Gasteiger partial charge in [0.25, 0.3) is 0 Å². The number of hydrogen-bond donors (Lipinski definition) is 2. The van der Waals surface area contributed by atoms with Crippen molar-refractivity contribution in [2.24, 2.45) is 0 Å². The van der Waals surface area contributed by atoms with E-state index < -0.39 is 0 Å². The van der Waals surface area contributed by atoms with E-state index in [0.717, 1.165) is 0 Å². The highest BCUT2D eigenvalue weighted by atomic mass is 27.0. The van der Waals surface area contributed by atoms with Crippen molar-refractivity contribution in [2.75, 3.05) is 5.41 Å². The molecule has 0 radical (unpaired) electrons. The van der Waals surface area contributed by atoms with Gasteiger partial charge in [-0.25, -0.2) is 0 Å². The summed E-state index contributed by atoms with van der Waals surface area (Å²) in [7, 11) is 0. The molecule has 0 aromatic heterocycles. The van der Waals surface area contributed by atoms with Crippen LogP contribution in [-0.2, 0) is 0 Å². The van der Waals surface area contributed by atoms with Crippen LogP contribution >= 0.6 is 0 Å². The van der Waals surface area contributed by atoms with Gasteiger partial charge in [-0.2, -0.15) is 0 Å². The maximum Gasteiger partial charge on any atom is 0.233 e. The predicted molar refractivity (Wildman–Crippen MR) is 76.0 cm³/mol. The van der Waals surface area contributed by atoms with E-state index in [9.17, 15) is 0 Å². The zero-order valence-corrected chi connectivity index (χ0v) is 12.9. The summed E-state index contributed by atoms with van der Waals surface area (Å²) in [6.07, 6.45) is 3.84. The van der Waals surface area contributed by atoms with Crippen molar-refractivity contribution in [3.63, 3.8) is 0 Å². The average molecular weight is 246 g/mol. The Balaban J connectivity index is 2.13. The van der Waals surface area contributed by atoms with Gasteiger partial charge < -0.3 is 10.6 Å². The molecular weight excluding hydrogens is 223 g/mol. The zero-order valence-electron chi connectivity index (χ0n) is 10.9. The SMILES string of the molecule is CC[C@H]1CCC(N[CH2][AlH2])C(c2ccccc2)N1. The van der Waals surface area contributed by atoms with Gasteiger partial charge in [-0.05, 0) is 24.8 Å². The predicted octanol–water partition coefficient (Wildman–Crippen LogP) is 1.44. The topological polar surface area (TPSA) is 24.1 Å². The number of nitrogens with one attached hydrogen (secondary N) is 2. The molecule has 2 unspecified atom stereocenters. The van der Waals surface area contributed by atoms with E-state index in [1.807, 2.05) is 0 Å². The minimum absolute atomic E-state index is 0.490. The second-order valence-corrected chi connectivity index (χ2v) is 5.61. The third-order valence-electron chi connectivity index (χ3n) is 3.76. The van der Waals surface area contributed by atoms with E-state index in [4.69, 9.17) is 0 Å². The first-order valence-electron chi connectivity index (χ1n) is 6.89. The second kappa shape index (κ2) is 6.56. The smallest absolute Gasteiger partial charge is 0.233 e. The molecule has 0 amide bonds. The maximum absolute atomic E-state index is 3.81. The highest BCUT2D eigenvalue weighted by molar-refractivity contribution is 6.08. The fourth-order valence-corrected chi connectivity index (χ4v) is 3.32. The van der Waals surface area contributed by atoms with Gasteiger partial charge in [0.1, 0.15) is 0 Å². The van der Waals surface area contributed by atoms with Crippen molar-refractivity contribution in [1.29, 1.82) is 0 Å². The third-order valence-corrected chi connectivity index (χ3v) is 4.17. The minimum Gasteiger partial charge on any atom is -0.326 e. The van der Waals surface area contributed by atoms with Crippen LogP contribution in [0.4, 0.5) is 0 Å². The average Bonchev–Trinajstić information content (AvgIpc) is 2.40. The van der Waals surface area contributed by atoms with E-state index in [-0.39, 0.29) is 0 Å². The molecule has 3 atom stereocenters. The van der Waals surface area contributed by atoms with Crippen LogP contribution in [0.3, 0.4) is 0 Å². The molecule has 1 fully saturated rings. The quantitative estimate of drug-likeness (QED) is 0.786. The number of piperidine rings is 1. The summed E-state index contributed by atoms with van der Waals surface area (Å²) in [6.45, 7) is 2.28. The van der Waals surface area contributed by atoms with Gasteiger partial charge in [-0.3, -0.25) is 0 Å². The van der Waals surface area contributed by atoms with Gasteiger partial charge in [0.05, 0.1) is 0 Å².